The third-order valence-electron chi connectivity index (χ3n) is 3.38. The lowest BCUT2D eigenvalue weighted by Gasteiger charge is -2.26. The molecule has 0 aliphatic heterocycles. The van der Waals surface area contributed by atoms with Crippen LogP contribution in [0.1, 0.15) is 30.9 Å². The first-order valence-corrected chi connectivity index (χ1v) is 7.60. The van der Waals surface area contributed by atoms with Crippen LogP contribution in [0.3, 0.4) is 0 Å². The minimum absolute atomic E-state index is 0.0709. The van der Waals surface area contributed by atoms with Crippen molar-refractivity contribution in [3.05, 3.63) is 34.9 Å². The molecule has 1 atom stereocenters. The molecule has 1 aromatic carbocycles. The molecule has 1 aromatic rings. The summed E-state index contributed by atoms with van der Waals surface area (Å²) >= 11 is 6.24. The van der Waals surface area contributed by atoms with Gasteiger partial charge in [0.15, 0.2) is 0 Å². The topological polar surface area (TPSA) is 41.6 Å². The molecule has 1 N–H and O–H groups in total. The van der Waals surface area contributed by atoms with Gasteiger partial charge in [0.05, 0.1) is 6.04 Å². The fourth-order valence-corrected chi connectivity index (χ4v) is 2.41. The van der Waals surface area contributed by atoms with Crippen molar-refractivity contribution in [2.75, 3.05) is 34.4 Å². The number of hydrogen-bond donors (Lipinski definition) is 1. The van der Waals surface area contributed by atoms with Gasteiger partial charge in [-0.3, -0.25) is 4.79 Å². The summed E-state index contributed by atoms with van der Waals surface area (Å²) in [7, 11) is 5.64. The second-order valence-electron chi connectivity index (χ2n) is 5.25. The average molecular weight is 313 g/mol. The maximum atomic E-state index is 11.8. The van der Waals surface area contributed by atoms with Gasteiger partial charge < -0.3 is 15.0 Å². The molecule has 118 valence electrons. The Morgan fingerprint density at radius 2 is 2.05 bits per heavy atom. The molecule has 0 unspecified atom stereocenters. The summed E-state index contributed by atoms with van der Waals surface area (Å²) in [5.74, 6) is 0.0741. The summed E-state index contributed by atoms with van der Waals surface area (Å²) in [5.41, 5.74) is 1.03. The predicted molar refractivity (Wildman–Crippen MR) is 86.6 cm³/mol. The van der Waals surface area contributed by atoms with Gasteiger partial charge in [0.2, 0.25) is 5.91 Å². The molecule has 21 heavy (non-hydrogen) atoms. The number of nitrogens with zero attached hydrogens (tertiary/aromatic N) is 1. The normalized spacial score (nSPS) is 12.4. The highest BCUT2D eigenvalue weighted by molar-refractivity contribution is 6.31. The van der Waals surface area contributed by atoms with E-state index in [4.69, 9.17) is 16.3 Å². The van der Waals surface area contributed by atoms with E-state index >= 15 is 0 Å². The van der Waals surface area contributed by atoms with Crippen LogP contribution < -0.4 is 5.32 Å². The van der Waals surface area contributed by atoms with E-state index in [1.54, 1.807) is 7.11 Å². The van der Waals surface area contributed by atoms with Crippen molar-refractivity contribution in [3.8, 4) is 0 Å². The molecule has 0 bridgehead atoms. The second kappa shape index (κ2) is 9.77. The first-order valence-electron chi connectivity index (χ1n) is 7.22. The standard InChI is InChI=1S/C16H25ClN2O2/c1-19(2)15(13-8-4-5-9-14(13)17)12-18-16(20)10-6-7-11-21-3/h4-5,8-9,15H,6-7,10-12H2,1-3H3,(H,18,20)/t15-/m1/s1. The van der Waals surface area contributed by atoms with Crippen LogP contribution in [0.2, 0.25) is 5.02 Å². The number of ether oxygens (including phenoxy) is 1. The number of benzene rings is 1. The van der Waals surface area contributed by atoms with E-state index in [0.29, 0.717) is 19.6 Å². The van der Waals surface area contributed by atoms with Gasteiger partial charge in [-0.1, -0.05) is 29.8 Å². The zero-order valence-corrected chi connectivity index (χ0v) is 13.8. The van der Waals surface area contributed by atoms with Crippen LogP contribution in [0.15, 0.2) is 24.3 Å². The van der Waals surface area contributed by atoms with Crippen molar-refractivity contribution in [3.63, 3.8) is 0 Å². The average Bonchev–Trinajstić information content (AvgIpc) is 2.45. The number of methoxy groups -OCH3 is 1. The van der Waals surface area contributed by atoms with Crippen LogP contribution in [-0.4, -0.2) is 45.2 Å². The van der Waals surface area contributed by atoms with Gasteiger partial charge in [-0.2, -0.15) is 0 Å². The molecular formula is C16H25ClN2O2. The lowest BCUT2D eigenvalue weighted by molar-refractivity contribution is -0.121. The molecule has 0 aliphatic carbocycles. The van der Waals surface area contributed by atoms with Crippen LogP contribution in [-0.2, 0) is 9.53 Å². The highest BCUT2D eigenvalue weighted by Gasteiger charge is 2.17. The van der Waals surface area contributed by atoms with E-state index < -0.39 is 0 Å². The van der Waals surface area contributed by atoms with Gasteiger partial charge in [0.1, 0.15) is 0 Å². The summed E-state index contributed by atoms with van der Waals surface area (Å²) in [6.45, 7) is 1.26. The van der Waals surface area contributed by atoms with Gasteiger partial charge in [-0.25, -0.2) is 0 Å². The first-order chi connectivity index (χ1) is 10.1. The molecule has 0 heterocycles. The van der Waals surface area contributed by atoms with E-state index in [9.17, 15) is 4.79 Å². The molecule has 0 aliphatic rings. The maximum Gasteiger partial charge on any atom is 0.220 e. The van der Waals surface area contributed by atoms with Crippen LogP contribution in [0, 0.1) is 0 Å². The highest BCUT2D eigenvalue weighted by Crippen LogP contribution is 2.25. The van der Waals surface area contributed by atoms with Gasteiger partial charge in [0, 0.05) is 31.7 Å². The zero-order valence-electron chi connectivity index (χ0n) is 13.1. The van der Waals surface area contributed by atoms with Gasteiger partial charge >= 0.3 is 0 Å². The molecule has 0 saturated carbocycles. The van der Waals surface area contributed by atoms with Crippen LogP contribution in [0.5, 0.6) is 0 Å². The molecule has 0 saturated heterocycles. The molecule has 4 nitrogen and oxygen atoms in total. The van der Waals surface area contributed by atoms with E-state index in [1.807, 2.05) is 38.4 Å². The smallest absolute Gasteiger partial charge is 0.220 e. The van der Waals surface area contributed by atoms with E-state index in [-0.39, 0.29) is 11.9 Å². The molecular weight excluding hydrogens is 288 g/mol. The monoisotopic (exact) mass is 312 g/mol. The minimum atomic E-state index is 0.0709. The number of unbranched alkanes of at least 4 members (excludes halogenated alkanes) is 1. The molecule has 0 radical (unpaired) electrons. The Morgan fingerprint density at radius 3 is 2.67 bits per heavy atom. The molecule has 0 aromatic heterocycles. The Labute approximate surface area is 132 Å². The number of amides is 1. The Hall–Kier alpha value is -1.10. The summed E-state index contributed by atoms with van der Waals surface area (Å²) in [6, 6.07) is 7.82. The number of likely N-dealkylation sites (N-methyl/N-ethyl adjacent to an activating group) is 1. The maximum absolute atomic E-state index is 11.8. The quantitative estimate of drug-likeness (QED) is 0.713. The summed E-state index contributed by atoms with van der Waals surface area (Å²) in [6.07, 6.45) is 2.29. The number of carbonyl (C=O) groups excluding carboxylic acids is 1. The fraction of sp³-hybridized carbons (Fsp3) is 0.562. The number of hydrogen-bond acceptors (Lipinski definition) is 3. The predicted octanol–water partition coefficient (Wildman–Crippen LogP) is 2.88. The van der Waals surface area contributed by atoms with Gasteiger partial charge in [-0.15, -0.1) is 0 Å². The first kappa shape index (κ1) is 18.0. The number of rotatable bonds is 9. The van der Waals surface area contributed by atoms with E-state index in [1.165, 1.54) is 0 Å². The highest BCUT2D eigenvalue weighted by atomic mass is 35.5. The second-order valence-corrected chi connectivity index (χ2v) is 5.66. The SMILES string of the molecule is COCCCCC(=O)NC[C@H](c1ccccc1Cl)N(C)C. The largest absolute Gasteiger partial charge is 0.385 e. The summed E-state index contributed by atoms with van der Waals surface area (Å²) in [4.78, 5) is 13.9. The summed E-state index contributed by atoms with van der Waals surface area (Å²) < 4.78 is 4.97. The molecule has 0 fully saturated rings. The molecule has 1 amide bonds. The minimum Gasteiger partial charge on any atom is -0.385 e. The van der Waals surface area contributed by atoms with Crippen molar-refractivity contribution in [1.29, 1.82) is 0 Å². The molecule has 1 rings (SSSR count). The Morgan fingerprint density at radius 1 is 1.33 bits per heavy atom. The van der Waals surface area contributed by atoms with Crippen molar-refractivity contribution in [2.45, 2.75) is 25.3 Å². The molecule has 0 spiro atoms. The number of halogens is 1. The van der Waals surface area contributed by atoms with Crippen molar-refractivity contribution >= 4 is 17.5 Å². The fourth-order valence-electron chi connectivity index (χ4n) is 2.15. The van der Waals surface area contributed by atoms with Crippen LogP contribution >= 0.6 is 11.6 Å². The van der Waals surface area contributed by atoms with Gasteiger partial charge in [0.25, 0.3) is 0 Å². The Bertz CT molecular complexity index is 438. The van der Waals surface area contributed by atoms with Crippen molar-refractivity contribution in [2.24, 2.45) is 0 Å². The summed E-state index contributed by atoms with van der Waals surface area (Å²) in [5, 5.41) is 3.71. The lowest BCUT2D eigenvalue weighted by atomic mass is 10.1. The Kier molecular flexibility index (Phi) is 8.35. The lowest BCUT2D eigenvalue weighted by Crippen LogP contribution is -2.34. The van der Waals surface area contributed by atoms with E-state index in [2.05, 4.69) is 10.2 Å². The van der Waals surface area contributed by atoms with Crippen LogP contribution in [0.25, 0.3) is 0 Å². The third kappa shape index (κ3) is 6.46. The van der Waals surface area contributed by atoms with Gasteiger partial charge in [-0.05, 0) is 38.6 Å². The number of nitrogens with one attached hydrogen (secondary N) is 1. The number of carbonyl (C=O) groups is 1. The zero-order chi connectivity index (χ0) is 15.7. The van der Waals surface area contributed by atoms with Crippen molar-refractivity contribution in [1.82, 2.24) is 10.2 Å². The third-order valence-corrected chi connectivity index (χ3v) is 3.73. The van der Waals surface area contributed by atoms with Crippen LogP contribution in [0.4, 0.5) is 0 Å². The molecule has 5 heteroatoms. The Balaban J connectivity index is 2.49. The van der Waals surface area contributed by atoms with E-state index in [0.717, 1.165) is 23.4 Å². The van der Waals surface area contributed by atoms with Crippen molar-refractivity contribution < 1.29 is 9.53 Å².